The Morgan fingerprint density at radius 1 is 1.39 bits per heavy atom. The highest BCUT2D eigenvalue weighted by atomic mass is 19.3. The maximum Gasteiger partial charge on any atom is 0.315 e. The van der Waals surface area contributed by atoms with Crippen LogP contribution in [-0.2, 0) is 16.1 Å². The zero-order valence-electron chi connectivity index (χ0n) is 9.86. The summed E-state index contributed by atoms with van der Waals surface area (Å²) >= 11 is 0. The predicted molar refractivity (Wildman–Crippen MR) is 62.2 cm³/mol. The summed E-state index contributed by atoms with van der Waals surface area (Å²) in [6.45, 7) is -0.00151. The molecule has 1 unspecified atom stereocenters. The number of carbonyl (C=O) groups excluding carboxylic acids is 1. The highest BCUT2D eigenvalue weighted by molar-refractivity contribution is 5.73. The standard InChI is InChI=1S/C13H15F2NO2/c14-13(15)9-16-7-6-11(13)12(17)18-8-10-4-2-1-3-5-10/h1-5,11,16H,6-9H2. The molecule has 2 rings (SSSR count). The van der Waals surface area contributed by atoms with Crippen molar-refractivity contribution < 1.29 is 18.3 Å². The Labute approximate surface area is 104 Å². The highest BCUT2D eigenvalue weighted by Gasteiger charge is 2.46. The Balaban J connectivity index is 1.91. The molecule has 0 aromatic heterocycles. The molecule has 1 aliphatic rings. The maximum absolute atomic E-state index is 13.5. The van der Waals surface area contributed by atoms with E-state index in [1.807, 2.05) is 18.2 Å². The third-order valence-electron chi connectivity index (χ3n) is 2.99. The van der Waals surface area contributed by atoms with Gasteiger partial charge >= 0.3 is 5.97 Å². The van der Waals surface area contributed by atoms with E-state index in [1.54, 1.807) is 12.1 Å². The van der Waals surface area contributed by atoms with Crippen molar-refractivity contribution in [3.05, 3.63) is 35.9 Å². The molecule has 1 saturated heterocycles. The molecule has 1 aliphatic heterocycles. The number of nitrogens with one attached hydrogen (secondary N) is 1. The lowest BCUT2D eigenvalue weighted by Gasteiger charge is -2.30. The Morgan fingerprint density at radius 3 is 2.78 bits per heavy atom. The molecule has 0 amide bonds. The second kappa shape index (κ2) is 5.44. The molecular weight excluding hydrogens is 240 g/mol. The zero-order valence-corrected chi connectivity index (χ0v) is 9.86. The molecular formula is C13H15F2NO2. The van der Waals surface area contributed by atoms with E-state index in [0.29, 0.717) is 6.54 Å². The molecule has 0 radical (unpaired) electrons. The van der Waals surface area contributed by atoms with E-state index in [0.717, 1.165) is 5.56 Å². The van der Waals surface area contributed by atoms with Crippen molar-refractivity contribution >= 4 is 5.97 Å². The van der Waals surface area contributed by atoms with Crippen molar-refractivity contribution in [2.24, 2.45) is 5.92 Å². The van der Waals surface area contributed by atoms with Crippen molar-refractivity contribution in [3.63, 3.8) is 0 Å². The van der Waals surface area contributed by atoms with Crippen LogP contribution in [0.2, 0.25) is 0 Å². The lowest BCUT2D eigenvalue weighted by atomic mass is 9.94. The quantitative estimate of drug-likeness (QED) is 0.839. The lowest BCUT2D eigenvalue weighted by molar-refractivity contribution is -0.167. The van der Waals surface area contributed by atoms with Crippen molar-refractivity contribution in [3.8, 4) is 0 Å². The van der Waals surface area contributed by atoms with Gasteiger partial charge in [-0.2, -0.15) is 0 Å². The summed E-state index contributed by atoms with van der Waals surface area (Å²) in [7, 11) is 0. The van der Waals surface area contributed by atoms with Crippen LogP contribution in [0.5, 0.6) is 0 Å². The van der Waals surface area contributed by atoms with Gasteiger partial charge in [0, 0.05) is 0 Å². The number of ether oxygens (including phenoxy) is 1. The van der Waals surface area contributed by atoms with E-state index in [4.69, 9.17) is 4.74 Å². The number of rotatable bonds is 3. The summed E-state index contributed by atoms with van der Waals surface area (Å²) in [5.74, 6) is -5.17. The molecule has 1 N–H and O–H groups in total. The van der Waals surface area contributed by atoms with Crippen LogP contribution in [0, 0.1) is 5.92 Å². The van der Waals surface area contributed by atoms with E-state index >= 15 is 0 Å². The van der Waals surface area contributed by atoms with Gasteiger partial charge in [-0.05, 0) is 18.5 Å². The number of hydrogen-bond donors (Lipinski definition) is 1. The number of benzene rings is 1. The minimum absolute atomic E-state index is 0.0414. The first-order chi connectivity index (χ1) is 8.59. The summed E-state index contributed by atoms with van der Waals surface area (Å²) in [6.07, 6.45) is 0.112. The lowest BCUT2D eigenvalue weighted by Crippen LogP contribution is -2.49. The normalized spacial score (nSPS) is 22.4. The number of esters is 1. The van der Waals surface area contributed by atoms with Gasteiger partial charge in [0.15, 0.2) is 0 Å². The Kier molecular flexibility index (Phi) is 3.91. The van der Waals surface area contributed by atoms with Crippen LogP contribution in [0.25, 0.3) is 0 Å². The molecule has 0 spiro atoms. The molecule has 1 fully saturated rings. The van der Waals surface area contributed by atoms with Crippen LogP contribution in [0.1, 0.15) is 12.0 Å². The van der Waals surface area contributed by atoms with E-state index < -0.39 is 24.4 Å². The minimum Gasteiger partial charge on any atom is -0.460 e. The largest absolute Gasteiger partial charge is 0.460 e. The van der Waals surface area contributed by atoms with Gasteiger partial charge < -0.3 is 10.1 Å². The van der Waals surface area contributed by atoms with Crippen molar-refractivity contribution in [1.29, 1.82) is 0 Å². The summed E-state index contributed by atoms with van der Waals surface area (Å²) in [5.41, 5.74) is 0.795. The second-order valence-electron chi connectivity index (χ2n) is 4.37. The fraction of sp³-hybridized carbons (Fsp3) is 0.462. The SMILES string of the molecule is O=C(OCc1ccccc1)C1CCNCC1(F)F. The third kappa shape index (κ3) is 3.04. The zero-order chi connectivity index (χ0) is 13.0. The number of hydrogen-bond acceptors (Lipinski definition) is 3. The molecule has 1 aromatic rings. The fourth-order valence-electron chi connectivity index (χ4n) is 1.96. The molecule has 18 heavy (non-hydrogen) atoms. The van der Waals surface area contributed by atoms with Crippen LogP contribution in [0.15, 0.2) is 30.3 Å². The van der Waals surface area contributed by atoms with Crippen molar-refractivity contribution in [2.45, 2.75) is 19.0 Å². The van der Waals surface area contributed by atoms with Gasteiger partial charge in [0.05, 0.1) is 6.54 Å². The van der Waals surface area contributed by atoms with E-state index in [1.165, 1.54) is 0 Å². The molecule has 0 bridgehead atoms. The number of piperidine rings is 1. The summed E-state index contributed by atoms with van der Waals surface area (Å²) < 4.78 is 31.9. The molecule has 0 saturated carbocycles. The van der Waals surface area contributed by atoms with E-state index in [2.05, 4.69) is 5.32 Å². The van der Waals surface area contributed by atoms with E-state index in [9.17, 15) is 13.6 Å². The van der Waals surface area contributed by atoms with Crippen LogP contribution in [0.3, 0.4) is 0 Å². The third-order valence-corrected chi connectivity index (χ3v) is 2.99. The highest BCUT2D eigenvalue weighted by Crippen LogP contribution is 2.30. The van der Waals surface area contributed by atoms with Crippen LogP contribution < -0.4 is 5.32 Å². The van der Waals surface area contributed by atoms with Crippen molar-refractivity contribution in [2.75, 3.05) is 13.1 Å². The summed E-state index contributed by atoms with van der Waals surface area (Å²) in [5, 5.41) is 2.58. The van der Waals surface area contributed by atoms with Gasteiger partial charge in [-0.3, -0.25) is 4.79 Å². The number of alkyl halides is 2. The Morgan fingerprint density at radius 2 is 2.11 bits per heavy atom. The molecule has 98 valence electrons. The topological polar surface area (TPSA) is 38.3 Å². The molecule has 1 heterocycles. The molecule has 5 heteroatoms. The van der Waals surface area contributed by atoms with Gasteiger partial charge in [-0.25, -0.2) is 8.78 Å². The number of carbonyl (C=O) groups is 1. The van der Waals surface area contributed by atoms with Gasteiger partial charge in [-0.1, -0.05) is 30.3 Å². The number of halogens is 2. The smallest absolute Gasteiger partial charge is 0.315 e. The fourth-order valence-corrected chi connectivity index (χ4v) is 1.96. The monoisotopic (exact) mass is 255 g/mol. The predicted octanol–water partition coefficient (Wildman–Crippen LogP) is 1.97. The van der Waals surface area contributed by atoms with Gasteiger partial charge in [0.2, 0.25) is 0 Å². The first kappa shape index (κ1) is 13.0. The van der Waals surface area contributed by atoms with Gasteiger partial charge in [-0.15, -0.1) is 0 Å². The first-order valence-electron chi connectivity index (χ1n) is 5.89. The van der Waals surface area contributed by atoms with E-state index in [-0.39, 0.29) is 13.0 Å². The minimum atomic E-state index is -3.02. The summed E-state index contributed by atoms with van der Waals surface area (Å²) in [6, 6.07) is 9.03. The Hall–Kier alpha value is -1.49. The molecule has 1 atom stereocenters. The van der Waals surface area contributed by atoms with Crippen LogP contribution in [-0.4, -0.2) is 25.0 Å². The first-order valence-corrected chi connectivity index (χ1v) is 5.89. The molecule has 3 nitrogen and oxygen atoms in total. The molecule has 1 aromatic carbocycles. The van der Waals surface area contributed by atoms with Gasteiger partial charge in [0.25, 0.3) is 5.92 Å². The van der Waals surface area contributed by atoms with Crippen molar-refractivity contribution in [1.82, 2.24) is 5.32 Å². The van der Waals surface area contributed by atoms with Crippen LogP contribution in [0.4, 0.5) is 8.78 Å². The Bertz CT molecular complexity index is 409. The average Bonchev–Trinajstić information content (AvgIpc) is 2.37. The second-order valence-corrected chi connectivity index (χ2v) is 4.37. The summed E-state index contributed by atoms with van der Waals surface area (Å²) in [4.78, 5) is 11.7. The van der Waals surface area contributed by atoms with Gasteiger partial charge in [0.1, 0.15) is 12.5 Å². The average molecular weight is 255 g/mol. The van der Waals surface area contributed by atoms with Crippen LogP contribution >= 0.6 is 0 Å². The maximum atomic E-state index is 13.5. The molecule has 0 aliphatic carbocycles.